The van der Waals surface area contributed by atoms with Crippen molar-refractivity contribution in [1.82, 2.24) is 0 Å². The lowest BCUT2D eigenvalue weighted by atomic mass is 9.57. The van der Waals surface area contributed by atoms with E-state index in [9.17, 15) is 27.6 Å². The van der Waals surface area contributed by atoms with Crippen molar-refractivity contribution in [1.29, 1.82) is 0 Å². The highest BCUT2D eigenvalue weighted by Crippen LogP contribution is 2.51. The van der Waals surface area contributed by atoms with Gasteiger partial charge in [0.1, 0.15) is 0 Å². The van der Waals surface area contributed by atoms with E-state index in [1.165, 1.54) is 0 Å². The van der Waals surface area contributed by atoms with Crippen LogP contribution < -0.4 is 0 Å². The van der Waals surface area contributed by atoms with Gasteiger partial charge in [0.15, 0.2) is 11.2 Å². The Labute approximate surface area is 173 Å². The van der Waals surface area contributed by atoms with Gasteiger partial charge in [0.25, 0.3) is 0 Å². The molecule has 0 heterocycles. The Kier molecular flexibility index (Phi) is 6.99. The first-order valence-electron chi connectivity index (χ1n) is 9.95. The average molecular weight is 428 g/mol. The maximum atomic E-state index is 13.2. The number of carbonyl (C=O) groups is 3. The van der Waals surface area contributed by atoms with E-state index < -0.39 is 46.2 Å². The van der Waals surface area contributed by atoms with E-state index in [4.69, 9.17) is 9.47 Å². The Morgan fingerprint density at radius 1 is 0.967 bits per heavy atom. The van der Waals surface area contributed by atoms with E-state index in [1.54, 1.807) is 13.8 Å². The van der Waals surface area contributed by atoms with E-state index in [0.717, 1.165) is 24.3 Å². The monoisotopic (exact) mass is 428 g/mol. The summed E-state index contributed by atoms with van der Waals surface area (Å²) in [4.78, 5) is 38.7. The fourth-order valence-corrected chi connectivity index (χ4v) is 3.90. The van der Waals surface area contributed by atoms with Crippen LogP contribution in [0, 0.1) is 16.7 Å². The van der Waals surface area contributed by atoms with E-state index in [2.05, 4.69) is 0 Å². The summed E-state index contributed by atoms with van der Waals surface area (Å²) in [5.41, 5.74) is -2.92. The molecule has 1 atom stereocenters. The number of benzene rings is 1. The average Bonchev–Trinajstić information content (AvgIpc) is 2.67. The molecule has 1 fully saturated rings. The molecule has 1 unspecified atom stereocenters. The van der Waals surface area contributed by atoms with Crippen LogP contribution in [-0.2, 0) is 25.2 Å². The second-order valence-electron chi connectivity index (χ2n) is 8.21. The summed E-state index contributed by atoms with van der Waals surface area (Å²) in [6.07, 6.45) is -4.07. The minimum absolute atomic E-state index is 0.0703. The number of Topliss-reactive ketones (excluding diaryl/α,β-unsaturated/α-hetero) is 1. The van der Waals surface area contributed by atoms with Crippen molar-refractivity contribution in [3.8, 4) is 0 Å². The van der Waals surface area contributed by atoms with Crippen LogP contribution in [0.1, 0.15) is 62.9 Å². The fraction of sp³-hybridized carbons (Fsp3) is 0.591. The second-order valence-corrected chi connectivity index (χ2v) is 8.21. The highest BCUT2D eigenvalue weighted by molar-refractivity contribution is 6.03. The highest BCUT2D eigenvalue weighted by atomic mass is 19.4. The predicted molar refractivity (Wildman–Crippen MR) is 103 cm³/mol. The van der Waals surface area contributed by atoms with E-state index in [1.807, 2.05) is 13.8 Å². The quantitative estimate of drug-likeness (QED) is 0.369. The minimum Gasteiger partial charge on any atom is -0.465 e. The molecule has 1 aromatic rings. The van der Waals surface area contributed by atoms with Gasteiger partial charge in [-0.15, -0.1) is 0 Å². The third-order valence-corrected chi connectivity index (χ3v) is 5.84. The van der Waals surface area contributed by atoms with Crippen molar-refractivity contribution in [2.45, 2.75) is 53.1 Å². The van der Waals surface area contributed by atoms with E-state index >= 15 is 0 Å². The van der Waals surface area contributed by atoms with Crippen molar-refractivity contribution < 1.29 is 37.0 Å². The molecule has 0 saturated heterocycles. The van der Waals surface area contributed by atoms with Gasteiger partial charge in [-0.05, 0) is 50.7 Å². The summed E-state index contributed by atoms with van der Waals surface area (Å²) in [5, 5.41) is 0. The molecule has 1 aromatic carbocycles. The number of halogens is 3. The molecule has 1 saturated carbocycles. The van der Waals surface area contributed by atoms with Crippen LogP contribution in [0.15, 0.2) is 24.3 Å². The normalized spacial score (nSPS) is 20.3. The third-order valence-electron chi connectivity index (χ3n) is 5.84. The van der Waals surface area contributed by atoms with Crippen LogP contribution in [0.25, 0.3) is 0 Å². The minimum atomic E-state index is -4.51. The molecule has 0 radical (unpaired) electrons. The van der Waals surface area contributed by atoms with Gasteiger partial charge in [-0.2, -0.15) is 13.2 Å². The molecule has 0 spiro atoms. The molecule has 1 aliphatic rings. The summed E-state index contributed by atoms with van der Waals surface area (Å²) in [5.74, 6) is -2.64. The number of carbonyl (C=O) groups excluding carboxylic acids is 3. The molecule has 0 bridgehead atoms. The van der Waals surface area contributed by atoms with E-state index in [-0.39, 0.29) is 31.6 Å². The van der Waals surface area contributed by atoms with Crippen LogP contribution in [-0.4, -0.2) is 30.9 Å². The summed E-state index contributed by atoms with van der Waals surface area (Å²) in [7, 11) is 0. The zero-order chi connectivity index (χ0) is 22.7. The van der Waals surface area contributed by atoms with Gasteiger partial charge in [0, 0.05) is 11.5 Å². The molecule has 0 amide bonds. The highest BCUT2D eigenvalue weighted by Gasteiger charge is 2.57. The smallest absolute Gasteiger partial charge is 0.416 e. The summed E-state index contributed by atoms with van der Waals surface area (Å²) in [6.45, 7) is 7.07. The number of ether oxygens (including phenoxy) is 2. The Hall–Kier alpha value is -2.38. The van der Waals surface area contributed by atoms with Gasteiger partial charge in [-0.25, -0.2) is 0 Å². The fourth-order valence-electron chi connectivity index (χ4n) is 3.90. The van der Waals surface area contributed by atoms with E-state index in [0.29, 0.717) is 6.42 Å². The summed E-state index contributed by atoms with van der Waals surface area (Å²) < 4.78 is 48.8. The lowest BCUT2D eigenvalue weighted by molar-refractivity contribution is -0.177. The maximum Gasteiger partial charge on any atom is 0.416 e. The van der Waals surface area contributed by atoms with Gasteiger partial charge in [0.2, 0.25) is 0 Å². The Balaban J connectivity index is 2.41. The van der Waals surface area contributed by atoms with Crippen molar-refractivity contribution in [3.05, 3.63) is 35.4 Å². The zero-order valence-corrected chi connectivity index (χ0v) is 17.6. The number of hydrogen-bond donors (Lipinski definition) is 0. The molecule has 166 valence electrons. The molecule has 0 N–H and O–H groups in total. The first-order chi connectivity index (χ1) is 13.9. The first-order valence-corrected chi connectivity index (χ1v) is 9.95. The number of esters is 2. The predicted octanol–water partition coefficient (Wildman–Crippen LogP) is 4.83. The Morgan fingerprint density at radius 3 is 1.90 bits per heavy atom. The lowest BCUT2D eigenvalue weighted by Gasteiger charge is -2.45. The maximum absolute atomic E-state index is 13.2. The molecule has 1 aliphatic carbocycles. The third kappa shape index (κ3) is 4.68. The van der Waals surface area contributed by atoms with Crippen molar-refractivity contribution in [2.24, 2.45) is 16.7 Å². The topological polar surface area (TPSA) is 69.7 Å². The Morgan fingerprint density at radius 2 is 1.47 bits per heavy atom. The Bertz CT molecular complexity index is 778. The summed E-state index contributed by atoms with van der Waals surface area (Å²) >= 11 is 0. The molecule has 30 heavy (non-hydrogen) atoms. The SMILES string of the molecule is CCOC(=O)C1(C(=O)OCC)CCC(C)(C)C(C(=O)c2ccc(C(F)(F)F)cc2)C1. The molecular formula is C22H27F3O5. The van der Waals surface area contributed by atoms with Crippen LogP contribution in [0.4, 0.5) is 13.2 Å². The van der Waals surface area contributed by atoms with Crippen LogP contribution in [0.2, 0.25) is 0 Å². The van der Waals surface area contributed by atoms with Crippen LogP contribution in [0.5, 0.6) is 0 Å². The molecule has 2 rings (SSSR count). The molecule has 5 nitrogen and oxygen atoms in total. The molecule has 0 aliphatic heterocycles. The molecule has 0 aromatic heterocycles. The number of hydrogen-bond acceptors (Lipinski definition) is 5. The number of ketones is 1. The molecule has 8 heteroatoms. The second kappa shape index (κ2) is 8.78. The zero-order valence-electron chi connectivity index (χ0n) is 17.6. The van der Waals surface area contributed by atoms with Gasteiger partial charge in [-0.1, -0.05) is 26.0 Å². The largest absolute Gasteiger partial charge is 0.465 e. The first kappa shape index (κ1) is 23.9. The molecular weight excluding hydrogens is 401 g/mol. The van der Waals surface area contributed by atoms with Gasteiger partial charge in [-0.3, -0.25) is 14.4 Å². The van der Waals surface area contributed by atoms with Gasteiger partial charge in [0.05, 0.1) is 18.8 Å². The standard InChI is InChI=1S/C22H27F3O5/c1-5-29-18(27)21(19(28)30-6-2)12-11-20(3,4)16(13-21)17(26)14-7-9-15(10-8-14)22(23,24)25/h7-10,16H,5-6,11-13H2,1-4H3. The lowest BCUT2D eigenvalue weighted by Crippen LogP contribution is -2.51. The van der Waals surface area contributed by atoms with Gasteiger partial charge < -0.3 is 9.47 Å². The number of alkyl halides is 3. The van der Waals surface area contributed by atoms with Crippen molar-refractivity contribution in [2.75, 3.05) is 13.2 Å². The van der Waals surface area contributed by atoms with Crippen LogP contribution >= 0.6 is 0 Å². The van der Waals surface area contributed by atoms with Crippen molar-refractivity contribution >= 4 is 17.7 Å². The van der Waals surface area contributed by atoms with Crippen LogP contribution in [0.3, 0.4) is 0 Å². The van der Waals surface area contributed by atoms with Gasteiger partial charge >= 0.3 is 18.1 Å². The number of rotatable bonds is 6. The van der Waals surface area contributed by atoms with Crippen molar-refractivity contribution in [3.63, 3.8) is 0 Å². The summed E-state index contributed by atoms with van der Waals surface area (Å²) in [6, 6.07) is 3.97.